The lowest BCUT2D eigenvalue weighted by molar-refractivity contribution is 0.0944. The zero-order valence-electron chi connectivity index (χ0n) is 19.2. The van der Waals surface area contributed by atoms with E-state index in [0.717, 1.165) is 16.9 Å². The van der Waals surface area contributed by atoms with Crippen molar-refractivity contribution in [1.82, 2.24) is 15.1 Å². The van der Waals surface area contributed by atoms with Crippen LogP contribution in [0.25, 0.3) is 0 Å². The Balaban J connectivity index is 1.67. The van der Waals surface area contributed by atoms with Crippen LogP contribution in [0.3, 0.4) is 0 Å². The number of anilines is 1. The zero-order valence-corrected chi connectivity index (χ0v) is 19.2. The van der Waals surface area contributed by atoms with Gasteiger partial charge in [-0.3, -0.25) is 14.3 Å². The fraction of sp³-hybridized carbons (Fsp3) is 0.375. The van der Waals surface area contributed by atoms with Crippen molar-refractivity contribution in [2.75, 3.05) is 11.9 Å². The molecular formula is C24H30N4O4. The zero-order chi connectivity index (χ0) is 23.3. The first-order valence-electron chi connectivity index (χ1n) is 10.7. The molecule has 0 aliphatic heterocycles. The third-order valence-electron chi connectivity index (χ3n) is 4.68. The van der Waals surface area contributed by atoms with E-state index in [0.29, 0.717) is 30.5 Å². The van der Waals surface area contributed by atoms with Gasteiger partial charge in [0.05, 0.1) is 5.69 Å². The molecule has 0 aliphatic carbocycles. The smallest absolute Gasteiger partial charge is 0.291 e. The maximum atomic E-state index is 12.7. The van der Waals surface area contributed by atoms with Gasteiger partial charge in [0.25, 0.3) is 11.8 Å². The van der Waals surface area contributed by atoms with E-state index in [4.69, 9.17) is 9.15 Å². The summed E-state index contributed by atoms with van der Waals surface area (Å²) < 4.78 is 13.0. The first-order valence-corrected chi connectivity index (χ1v) is 10.7. The first-order chi connectivity index (χ1) is 15.2. The van der Waals surface area contributed by atoms with Crippen LogP contribution in [0.5, 0.6) is 5.75 Å². The number of aryl methyl sites for hydroxylation is 3. The number of benzene rings is 1. The highest BCUT2D eigenvalue weighted by atomic mass is 16.5. The number of hydrogen-bond donors (Lipinski definition) is 2. The number of ether oxygens (including phenoxy) is 1. The minimum Gasteiger partial charge on any atom is -0.486 e. The molecule has 2 amide bonds. The molecule has 0 spiro atoms. The molecule has 0 saturated carbocycles. The Labute approximate surface area is 187 Å². The van der Waals surface area contributed by atoms with Crippen molar-refractivity contribution in [2.45, 2.75) is 47.8 Å². The quantitative estimate of drug-likeness (QED) is 0.518. The lowest BCUT2D eigenvalue weighted by Gasteiger charge is -2.08. The van der Waals surface area contributed by atoms with Crippen molar-refractivity contribution in [3.63, 3.8) is 0 Å². The Morgan fingerprint density at radius 2 is 1.84 bits per heavy atom. The molecule has 32 heavy (non-hydrogen) atoms. The number of rotatable bonds is 9. The number of amides is 2. The fourth-order valence-corrected chi connectivity index (χ4v) is 3.16. The van der Waals surface area contributed by atoms with Crippen molar-refractivity contribution in [3.05, 3.63) is 64.9 Å². The van der Waals surface area contributed by atoms with Crippen LogP contribution in [0.15, 0.2) is 40.9 Å². The molecule has 3 rings (SSSR count). The number of carbonyl (C=O) groups excluding carboxylic acids is 2. The topological polar surface area (TPSA) is 98.4 Å². The van der Waals surface area contributed by atoms with E-state index in [2.05, 4.69) is 21.8 Å². The predicted octanol–water partition coefficient (Wildman–Crippen LogP) is 4.33. The van der Waals surface area contributed by atoms with Gasteiger partial charge in [-0.2, -0.15) is 5.10 Å². The summed E-state index contributed by atoms with van der Waals surface area (Å²) in [7, 11) is 0. The van der Waals surface area contributed by atoms with Crippen LogP contribution in [0.4, 0.5) is 5.69 Å². The van der Waals surface area contributed by atoms with Crippen molar-refractivity contribution in [2.24, 2.45) is 5.92 Å². The van der Waals surface area contributed by atoms with Crippen LogP contribution in [0.2, 0.25) is 0 Å². The maximum absolute atomic E-state index is 12.7. The lowest BCUT2D eigenvalue weighted by atomic mass is 10.1. The van der Waals surface area contributed by atoms with Gasteiger partial charge in [-0.15, -0.1) is 0 Å². The van der Waals surface area contributed by atoms with E-state index < -0.39 is 5.91 Å². The molecule has 0 radical (unpaired) electrons. The summed E-state index contributed by atoms with van der Waals surface area (Å²) in [6, 6.07) is 9.24. The minimum atomic E-state index is -0.462. The molecule has 2 aromatic heterocycles. The average molecular weight is 439 g/mol. The molecule has 0 bridgehead atoms. The SMILES string of the molecule is CCn1cc(NC(=O)c2ccc(COc3cc(C)cc(C)c3)o2)c(C(=O)NCC(C)C)n1. The molecule has 0 aliphatic rings. The van der Waals surface area contributed by atoms with Gasteiger partial charge >= 0.3 is 0 Å². The van der Waals surface area contributed by atoms with E-state index in [1.165, 1.54) is 0 Å². The Hall–Kier alpha value is -3.55. The van der Waals surface area contributed by atoms with Crippen LogP contribution in [-0.2, 0) is 13.2 Å². The molecule has 2 N–H and O–H groups in total. The van der Waals surface area contributed by atoms with Gasteiger partial charge in [-0.1, -0.05) is 19.9 Å². The van der Waals surface area contributed by atoms with Gasteiger partial charge in [0.15, 0.2) is 11.5 Å². The summed E-state index contributed by atoms with van der Waals surface area (Å²) in [6.45, 7) is 11.2. The number of nitrogens with zero attached hydrogens (tertiary/aromatic N) is 2. The summed E-state index contributed by atoms with van der Waals surface area (Å²) in [5.41, 5.74) is 2.73. The molecule has 170 valence electrons. The Morgan fingerprint density at radius 1 is 1.12 bits per heavy atom. The van der Waals surface area contributed by atoms with Crippen molar-refractivity contribution in [3.8, 4) is 5.75 Å². The van der Waals surface area contributed by atoms with Crippen LogP contribution in [0.1, 0.15) is 58.7 Å². The van der Waals surface area contributed by atoms with Crippen molar-refractivity contribution in [1.29, 1.82) is 0 Å². The molecule has 8 heteroatoms. The standard InChI is InChI=1S/C24H30N4O4/c1-6-28-13-20(22(27-28)24(30)25-12-15(2)3)26-23(29)21-8-7-18(32-21)14-31-19-10-16(4)9-17(5)11-19/h7-11,13,15H,6,12,14H2,1-5H3,(H,25,30)(H,26,29). The van der Waals surface area contributed by atoms with Gasteiger partial charge < -0.3 is 19.8 Å². The number of hydrogen-bond acceptors (Lipinski definition) is 5. The van der Waals surface area contributed by atoms with Crippen molar-refractivity contribution >= 4 is 17.5 Å². The van der Waals surface area contributed by atoms with Gasteiger partial charge in [-0.25, -0.2) is 0 Å². The minimum absolute atomic E-state index is 0.127. The third-order valence-corrected chi connectivity index (χ3v) is 4.68. The Kier molecular flexibility index (Phi) is 7.35. The van der Waals surface area contributed by atoms with Crippen LogP contribution in [-0.4, -0.2) is 28.1 Å². The van der Waals surface area contributed by atoms with E-state index in [-0.39, 0.29) is 24.0 Å². The van der Waals surface area contributed by atoms with E-state index in [9.17, 15) is 9.59 Å². The summed E-state index contributed by atoms with van der Waals surface area (Å²) in [4.78, 5) is 25.2. The number of nitrogens with one attached hydrogen (secondary N) is 2. The predicted molar refractivity (Wildman–Crippen MR) is 122 cm³/mol. The van der Waals surface area contributed by atoms with Gasteiger partial charge in [0.2, 0.25) is 0 Å². The number of furan rings is 1. The highest BCUT2D eigenvalue weighted by Crippen LogP contribution is 2.20. The molecule has 1 aromatic carbocycles. The van der Waals surface area contributed by atoms with Gasteiger partial charge in [-0.05, 0) is 62.1 Å². The van der Waals surface area contributed by atoms with Crippen LogP contribution >= 0.6 is 0 Å². The van der Waals surface area contributed by atoms with Gasteiger partial charge in [0.1, 0.15) is 18.1 Å². The largest absolute Gasteiger partial charge is 0.486 e. The Bertz CT molecular complexity index is 1080. The van der Waals surface area contributed by atoms with Crippen LogP contribution in [0, 0.1) is 19.8 Å². The first kappa shape index (κ1) is 23.1. The highest BCUT2D eigenvalue weighted by molar-refractivity contribution is 6.07. The molecule has 0 saturated heterocycles. The number of carbonyl (C=O) groups is 2. The highest BCUT2D eigenvalue weighted by Gasteiger charge is 2.20. The van der Waals surface area contributed by atoms with Gasteiger partial charge in [0, 0.05) is 19.3 Å². The van der Waals surface area contributed by atoms with Crippen molar-refractivity contribution < 1.29 is 18.7 Å². The lowest BCUT2D eigenvalue weighted by Crippen LogP contribution is -2.28. The fourth-order valence-electron chi connectivity index (χ4n) is 3.16. The second-order valence-electron chi connectivity index (χ2n) is 8.18. The maximum Gasteiger partial charge on any atom is 0.291 e. The van der Waals surface area contributed by atoms with E-state index in [1.807, 2.05) is 46.8 Å². The summed E-state index contributed by atoms with van der Waals surface area (Å²) in [5.74, 6) is 0.904. The average Bonchev–Trinajstić information content (AvgIpc) is 3.37. The van der Waals surface area contributed by atoms with Crippen LogP contribution < -0.4 is 15.4 Å². The molecule has 8 nitrogen and oxygen atoms in total. The monoisotopic (exact) mass is 438 g/mol. The summed E-state index contributed by atoms with van der Waals surface area (Å²) in [5, 5.41) is 9.84. The second-order valence-corrected chi connectivity index (χ2v) is 8.18. The molecule has 0 fully saturated rings. The molecule has 2 heterocycles. The summed E-state index contributed by atoms with van der Waals surface area (Å²) in [6.07, 6.45) is 1.63. The normalized spacial score (nSPS) is 10.9. The second kappa shape index (κ2) is 10.2. The van der Waals surface area contributed by atoms with E-state index >= 15 is 0 Å². The summed E-state index contributed by atoms with van der Waals surface area (Å²) >= 11 is 0. The molecule has 3 aromatic rings. The Morgan fingerprint density at radius 3 is 2.50 bits per heavy atom. The molecule has 0 unspecified atom stereocenters. The number of aromatic nitrogens is 2. The third kappa shape index (κ3) is 6.00. The van der Waals surface area contributed by atoms with E-state index in [1.54, 1.807) is 23.0 Å². The molecule has 0 atom stereocenters. The molecular weight excluding hydrogens is 408 g/mol.